The number of allylic oxidation sites excluding steroid dienone is 1. The smallest absolute Gasteiger partial charge is 0.242 e. The third-order valence-corrected chi connectivity index (χ3v) is 3.01. The van der Waals surface area contributed by atoms with Crippen molar-refractivity contribution in [3.8, 4) is 0 Å². The van der Waals surface area contributed by atoms with Crippen LogP contribution in [-0.4, -0.2) is 32.7 Å². The second-order valence-corrected chi connectivity index (χ2v) is 7.01. The van der Waals surface area contributed by atoms with Crippen LogP contribution in [0.25, 0.3) is 0 Å². The van der Waals surface area contributed by atoms with E-state index in [4.69, 9.17) is 16.0 Å². The molecule has 0 aliphatic rings. The summed E-state index contributed by atoms with van der Waals surface area (Å²) in [7, 11) is 0.157. The van der Waals surface area contributed by atoms with Gasteiger partial charge in [-0.25, -0.2) is 0 Å². The van der Waals surface area contributed by atoms with Gasteiger partial charge in [0, 0.05) is 0 Å². The molecule has 0 aromatic rings. The molecule has 0 unspecified atom stereocenters. The summed E-state index contributed by atoms with van der Waals surface area (Å²) in [5.41, 5.74) is 0.0886. The van der Waals surface area contributed by atoms with E-state index in [2.05, 4.69) is 9.99 Å². The van der Waals surface area contributed by atoms with Crippen LogP contribution in [0.3, 0.4) is 0 Å². The van der Waals surface area contributed by atoms with Crippen LogP contribution in [0.1, 0.15) is 6.92 Å². The highest BCUT2D eigenvalue weighted by atomic mass is 35.5. The predicted molar refractivity (Wildman–Crippen MR) is 71.5 cm³/mol. The molecule has 0 N–H and O–H groups in total. The van der Waals surface area contributed by atoms with Gasteiger partial charge in [0.2, 0.25) is 14.2 Å². The lowest BCUT2D eigenvalue weighted by Gasteiger charge is -2.05. The third-order valence-electron chi connectivity index (χ3n) is 1.32. The van der Waals surface area contributed by atoms with E-state index in [1.165, 1.54) is 13.4 Å². The highest BCUT2D eigenvalue weighted by molar-refractivity contribution is 8.15. The van der Waals surface area contributed by atoms with Gasteiger partial charge in [-0.05, 0) is 18.8 Å². The molecule has 0 bridgehead atoms. The summed E-state index contributed by atoms with van der Waals surface area (Å²) in [6.07, 6.45) is 1.37. The predicted octanol–water partition coefficient (Wildman–Crippen LogP) is 2.35. The van der Waals surface area contributed by atoms with Crippen LogP contribution in [0.5, 0.6) is 0 Å². The van der Waals surface area contributed by atoms with Gasteiger partial charge >= 0.3 is 0 Å². The maximum Gasteiger partial charge on any atom is 0.242 e. The van der Waals surface area contributed by atoms with Gasteiger partial charge in [-0.1, -0.05) is 35.4 Å². The standard InChI is InChI=1S/C9H16ClNO3SSi/c1-5-15-9(12)8(11-13-2)7(10)6-14-16(3)4/h6,16H,5H2,1-4H3. The first-order chi connectivity index (χ1) is 7.52. The number of hydrogen-bond acceptors (Lipinski definition) is 5. The molecule has 0 aliphatic carbocycles. The molecule has 0 aromatic carbocycles. The summed E-state index contributed by atoms with van der Waals surface area (Å²) < 4.78 is 5.31. The Labute approximate surface area is 107 Å². The minimum atomic E-state index is -1.21. The quantitative estimate of drug-likeness (QED) is 0.325. The molecular weight excluding hydrogens is 266 g/mol. The first-order valence-electron chi connectivity index (χ1n) is 4.82. The maximum atomic E-state index is 11.6. The van der Waals surface area contributed by atoms with Gasteiger partial charge < -0.3 is 9.26 Å². The molecule has 0 saturated carbocycles. The summed E-state index contributed by atoms with van der Waals surface area (Å²) in [6.45, 7) is 5.87. The summed E-state index contributed by atoms with van der Waals surface area (Å²) >= 11 is 7.04. The zero-order valence-corrected chi connectivity index (χ0v) is 12.5. The summed E-state index contributed by atoms with van der Waals surface area (Å²) in [5.74, 6) is 0.658. The summed E-state index contributed by atoms with van der Waals surface area (Å²) in [4.78, 5) is 16.2. The van der Waals surface area contributed by atoms with Crippen molar-refractivity contribution >= 4 is 43.2 Å². The molecular formula is C9H16ClNO3SSi. The Balaban J connectivity index is 4.72. The number of rotatable bonds is 6. The molecule has 0 amide bonds. The van der Waals surface area contributed by atoms with E-state index in [1.807, 2.05) is 20.0 Å². The number of halogens is 1. The van der Waals surface area contributed by atoms with Crippen LogP contribution in [0, 0.1) is 0 Å². The van der Waals surface area contributed by atoms with E-state index in [-0.39, 0.29) is 15.9 Å². The molecule has 0 fully saturated rings. The topological polar surface area (TPSA) is 47.9 Å². The number of thioether (sulfide) groups is 1. The monoisotopic (exact) mass is 281 g/mol. The average Bonchev–Trinajstić information content (AvgIpc) is 2.22. The van der Waals surface area contributed by atoms with Gasteiger partial charge in [0.15, 0.2) is 5.71 Å². The van der Waals surface area contributed by atoms with Crippen LogP contribution >= 0.6 is 23.4 Å². The van der Waals surface area contributed by atoms with Crippen molar-refractivity contribution in [2.45, 2.75) is 20.0 Å². The Bertz CT molecular complexity index is 294. The van der Waals surface area contributed by atoms with Crippen LogP contribution in [0.4, 0.5) is 0 Å². The Kier molecular flexibility index (Phi) is 8.41. The fourth-order valence-electron chi connectivity index (χ4n) is 0.721. The molecule has 0 atom stereocenters. The Morgan fingerprint density at radius 1 is 1.56 bits per heavy atom. The van der Waals surface area contributed by atoms with Crippen LogP contribution in [0.2, 0.25) is 13.1 Å². The minimum absolute atomic E-state index is 0.0886. The lowest BCUT2D eigenvalue weighted by atomic mass is 10.4. The third kappa shape index (κ3) is 6.19. The van der Waals surface area contributed by atoms with Crippen molar-refractivity contribution in [1.82, 2.24) is 0 Å². The molecule has 0 aromatic heterocycles. The number of oxime groups is 1. The van der Waals surface area contributed by atoms with Crippen molar-refractivity contribution in [3.05, 3.63) is 11.3 Å². The zero-order valence-electron chi connectivity index (χ0n) is 9.82. The summed E-state index contributed by atoms with van der Waals surface area (Å²) in [6, 6.07) is 0. The van der Waals surface area contributed by atoms with Gasteiger partial charge in [0.1, 0.15) is 12.1 Å². The molecule has 0 rings (SSSR count). The number of hydrogen-bond donors (Lipinski definition) is 0. The number of nitrogens with zero attached hydrogens (tertiary/aromatic N) is 1. The highest BCUT2D eigenvalue weighted by Crippen LogP contribution is 2.13. The van der Waals surface area contributed by atoms with Gasteiger partial charge in [0.25, 0.3) is 0 Å². The second-order valence-electron chi connectivity index (χ2n) is 2.99. The molecule has 0 aliphatic heterocycles. The Hall–Kier alpha value is -0.463. The van der Waals surface area contributed by atoms with Crippen LogP contribution in [-0.2, 0) is 14.1 Å². The molecule has 0 heterocycles. The fraction of sp³-hybridized carbons (Fsp3) is 0.556. The molecule has 0 saturated heterocycles. The van der Waals surface area contributed by atoms with Crippen LogP contribution in [0.15, 0.2) is 16.5 Å². The van der Waals surface area contributed by atoms with Gasteiger partial charge in [-0.2, -0.15) is 0 Å². The molecule has 7 heteroatoms. The molecule has 92 valence electrons. The Morgan fingerprint density at radius 2 is 2.19 bits per heavy atom. The lowest BCUT2D eigenvalue weighted by Crippen LogP contribution is -2.13. The van der Waals surface area contributed by atoms with Crippen molar-refractivity contribution in [1.29, 1.82) is 0 Å². The lowest BCUT2D eigenvalue weighted by molar-refractivity contribution is -0.105. The van der Waals surface area contributed by atoms with Gasteiger partial charge in [0.05, 0.1) is 6.26 Å². The SMILES string of the molecule is CCSC(=O)C(=NOC)C(Cl)=CO[SiH](C)C. The van der Waals surface area contributed by atoms with E-state index in [0.717, 1.165) is 11.8 Å². The number of carbonyl (C=O) groups excluding carboxylic acids is 1. The van der Waals surface area contributed by atoms with Gasteiger partial charge in [-0.15, -0.1) is 0 Å². The molecule has 0 radical (unpaired) electrons. The van der Waals surface area contributed by atoms with E-state index < -0.39 is 9.04 Å². The fourth-order valence-corrected chi connectivity index (χ4v) is 1.99. The maximum absolute atomic E-state index is 11.6. The van der Waals surface area contributed by atoms with Crippen molar-refractivity contribution < 1.29 is 14.1 Å². The largest absolute Gasteiger partial charge is 0.551 e. The van der Waals surface area contributed by atoms with Gasteiger partial charge in [-0.3, -0.25) is 4.79 Å². The van der Waals surface area contributed by atoms with Crippen molar-refractivity contribution in [2.24, 2.45) is 5.16 Å². The van der Waals surface area contributed by atoms with E-state index in [0.29, 0.717) is 5.75 Å². The summed E-state index contributed by atoms with van der Waals surface area (Å²) in [5, 5.41) is 3.55. The van der Waals surface area contributed by atoms with Crippen LogP contribution < -0.4 is 0 Å². The minimum Gasteiger partial charge on any atom is -0.551 e. The molecule has 16 heavy (non-hydrogen) atoms. The first-order valence-corrected chi connectivity index (χ1v) is 8.97. The average molecular weight is 282 g/mol. The molecule has 0 spiro atoms. The highest BCUT2D eigenvalue weighted by Gasteiger charge is 2.16. The molecule has 4 nitrogen and oxygen atoms in total. The van der Waals surface area contributed by atoms with E-state index in [9.17, 15) is 4.79 Å². The van der Waals surface area contributed by atoms with Crippen molar-refractivity contribution in [3.63, 3.8) is 0 Å². The zero-order chi connectivity index (χ0) is 12.6. The normalized spacial score (nSPS) is 12.9. The van der Waals surface area contributed by atoms with E-state index in [1.54, 1.807) is 0 Å². The number of carbonyl (C=O) groups is 1. The second kappa shape index (κ2) is 8.66. The van der Waals surface area contributed by atoms with Crippen molar-refractivity contribution in [2.75, 3.05) is 12.9 Å². The van der Waals surface area contributed by atoms with E-state index >= 15 is 0 Å². The first kappa shape index (κ1) is 15.5. The Morgan fingerprint density at radius 3 is 2.62 bits per heavy atom.